The van der Waals surface area contributed by atoms with E-state index in [1.807, 2.05) is 36.4 Å². The predicted molar refractivity (Wildman–Crippen MR) is 88.4 cm³/mol. The number of hydrogen-bond donors (Lipinski definition) is 1. The second kappa shape index (κ2) is 5.84. The van der Waals surface area contributed by atoms with Crippen LogP contribution in [0.2, 0.25) is 0 Å². The highest BCUT2D eigenvalue weighted by Gasteiger charge is 2.51. The van der Waals surface area contributed by atoms with Crippen LogP contribution in [0.25, 0.3) is 0 Å². The summed E-state index contributed by atoms with van der Waals surface area (Å²) in [5.41, 5.74) is 2.84. The van der Waals surface area contributed by atoms with Crippen LogP contribution in [0.5, 0.6) is 5.75 Å². The minimum atomic E-state index is -0.365. The number of ether oxygens (including phenoxy) is 1. The molecule has 0 spiro atoms. The molecule has 0 atom stereocenters. The van der Waals surface area contributed by atoms with Crippen molar-refractivity contribution >= 4 is 11.6 Å². The van der Waals surface area contributed by atoms with Gasteiger partial charge in [-0.15, -0.1) is 0 Å². The first-order valence-electron chi connectivity index (χ1n) is 7.73. The molecule has 2 aromatic rings. The first-order valence-corrected chi connectivity index (χ1v) is 7.73. The Morgan fingerprint density at radius 1 is 1.09 bits per heavy atom. The van der Waals surface area contributed by atoms with Gasteiger partial charge in [0.1, 0.15) is 5.75 Å². The lowest BCUT2D eigenvalue weighted by Gasteiger charge is -2.16. The standard InChI is InChI=1S/C19H21NO2/c1-3-14-4-8-16(9-5-14)20-18(21)19(12-13-19)15-6-10-17(22-2)11-7-15/h4-11H,3,12-13H2,1-2H3,(H,20,21). The smallest absolute Gasteiger partial charge is 0.235 e. The molecule has 3 nitrogen and oxygen atoms in total. The van der Waals surface area contributed by atoms with Crippen molar-refractivity contribution in [2.24, 2.45) is 0 Å². The van der Waals surface area contributed by atoms with E-state index in [-0.39, 0.29) is 11.3 Å². The van der Waals surface area contributed by atoms with E-state index in [1.54, 1.807) is 7.11 Å². The second-order valence-electron chi connectivity index (χ2n) is 5.82. The van der Waals surface area contributed by atoms with Gasteiger partial charge in [-0.2, -0.15) is 0 Å². The fraction of sp³-hybridized carbons (Fsp3) is 0.316. The Kier molecular flexibility index (Phi) is 3.88. The van der Waals surface area contributed by atoms with E-state index in [0.717, 1.165) is 36.3 Å². The van der Waals surface area contributed by atoms with Crippen LogP contribution in [0.4, 0.5) is 5.69 Å². The molecular formula is C19H21NO2. The number of hydrogen-bond acceptors (Lipinski definition) is 2. The Morgan fingerprint density at radius 3 is 2.23 bits per heavy atom. The Hall–Kier alpha value is -2.29. The second-order valence-corrected chi connectivity index (χ2v) is 5.82. The molecule has 0 bridgehead atoms. The van der Waals surface area contributed by atoms with Crippen LogP contribution in [0.1, 0.15) is 30.9 Å². The number of carbonyl (C=O) groups is 1. The van der Waals surface area contributed by atoms with Crippen LogP contribution >= 0.6 is 0 Å². The summed E-state index contributed by atoms with van der Waals surface area (Å²) < 4.78 is 5.18. The minimum Gasteiger partial charge on any atom is -0.497 e. The monoisotopic (exact) mass is 295 g/mol. The number of benzene rings is 2. The van der Waals surface area contributed by atoms with Crippen molar-refractivity contribution in [3.8, 4) is 5.75 Å². The van der Waals surface area contributed by atoms with Crippen LogP contribution in [-0.2, 0) is 16.6 Å². The molecule has 0 radical (unpaired) electrons. The van der Waals surface area contributed by atoms with Crippen LogP contribution in [-0.4, -0.2) is 13.0 Å². The van der Waals surface area contributed by atoms with Crippen molar-refractivity contribution in [1.29, 1.82) is 0 Å². The van der Waals surface area contributed by atoms with Crippen molar-refractivity contribution in [3.05, 3.63) is 59.7 Å². The van der Waals surface area contributed by atoms with Gasteiger partial charge >= 0.3 is 0 Å². The predicted octanol–water partition coefficient (Wildman–Crippen LogP) is 3.93. The van der Waals surface area contributed by atoms with Crippen molar-refractivity contribution in [3.63, 3.8) is 0 Å². The largest absolute Gasteiger partial charge is 0.497 e. The molecule has 0 aromatic heterocycles. The highest BCUT2D eigenvalue weighted by atomic mass is 16.5. The van der Waals surface area contributed by atoms with E-state index in [4.69, 9.17) is 4.74 Å². The summed E-state index contributed by atoms with van der Waals surface area (Å²) in [6.07, 6.45) is 2.81. The average molecular weight is 295 g/mol. The lowest BCUT2D eigenvalue weighted by Crippen LogP contribution is -2.27. The van der Waals surface area contributed by atoms with E-state index >= 15 is 0 Å². The van der Waals surface area contributed by atoms with Gasteiger partial charge < -0.3 is 10.1 Å². The van der Waals surface area contributed by atoms with Gasteiger partial charge in [-0.05, 0) is 54.7 Å². The molecule has 1 aliphatic rings. The summed E-state index contributed by atoms with van der Waals surface area (Å²) >= 11 is 0. The van der Waals surface area contributed by atoms with Crippen molar-refractivity contribution in [2.45, 2.75) is 31.6 Å². The summed E-state index contributed by atoms with van der Waals surface area (Å²) in [5.74, 6) is 0.900. The van der Waals surface area contributed by atoms with Crippen LogP contribution < -0.4 is 10.1 Å². The fourth-order valence-corrected chi connectivity index (χ4v) is 2.76. The third kappa shape index (κ3) is 2.71. The number of amides is 1. The van der Waals surface area contributed by atoms with E-state index in [1.165, 1.54) is 5.56 Å². The van der Waals surface area contributed by atoms with Gasteiger partial charge in [0.25, 0.3) is 0 Å². The summed E-state index contributed by atoms with van der Waals surface area (Å²) in [5, 5.41) is 3.05. The molecule has 1 amide bonds. The highest BCUT2D eigenvalue weighted by molar-refractivity contribution is 6.01. The molecule has 0 unspecified atom stereocenters. The van der Waals surface area contributed by atoms with Gasteiger partial charge in [0.2, 0.25) is 5.91 Å². The van der Waals surface area contributed by atoms with Gasteiger partial charge in [0.15, 0.2) is 0 Å². The minimum absolute atomic E-state index is 0.0851. The zero-order valence-electron chi connectivity index (χ0n) is 13.1. The fourth-order valence-electron chi connectivity index (χ4n) is 2.76. The van der Waals surface area contributed by atoms with E-state index in [0.29, 0.717) is 0 Å². The van der Waals surface area contributed by atoms with Gasteiger partial charge in [0.05, 0.1) is 12.5 Å². The van der Waals surface area contributed by atoms with E-state index in [9.17, 15) is 4.79 Å². The molecule has 1 aliphatic carbocycles. The first-order chi connectivity index (χ1) is 10.7. The van der Waals surface area contributed by atoms with Gasteiger partial charge in [-0.3, -0.25) is 4.79 Å². The molecular weight excluding hydrogens is 274 g/mol. The number of methoxy groups -OCH3 is 1. The van der Waals surface area contributed by atoms with E-state index in [2.05, 4.69) is 24.4 Å². The van der Waals surface area contributed by atoms with Gasteiger partial charge in [0, 0.05) is 5.69 Å². The average Bonchev–Trinajstić information content (AvgIpc) is 3.37. The zero-order valence-corrected chi connectivity index (χ0v) is 13.1. The Bertz CT molecular complexity index is 655. The summed E-state index contributed by atoms with van der Waals surface area (Å²) in [6, 6.07) is 15.9. The number of anilines is 1. The Morgan fingerprint density at radius 2 is 1.73 bits per heavy atom. The van der Waals surface area contributed by atoms with Crippen molar-refractivity contribution in [2.75, 3.05) is 12.4 Å². The molecule has 3 heteroatoms. The van der Waals surface area contributed by atoms with Gasteiger partial charge in [-0.1, -0.05) is 31.2 Å². The van der Waals surface area contributed by atoms with Crippen molar-refractivity contribution in [1.82, 2.24) is 0 Å². The topological polar surface area (TPSA) is 38.3 Å². The molecule has 1 N–H and O–H groups in total. The molecule has 22 heavy (non-hydrogen) atoms. The third-order valence-electron chi connectivity index (χ3n) is 4.45. The van der Waals surface area contributed by atoms with Crippen LogP contribution in [0.15, 0.2) is 48.5 Å². The molecule has 1 fully saturated rings. The van der Waals surface area contributed by atoms with Crippen LogP contribution in [0.3, 0.4) is 0 Å². The first kappa shape index (κ1) is 14.6. The number of rotatable bonds is 5. The summed E-state index contributed by atoms with van der Waals surface area (Å²) in [4.78, 5) is 12.7. The third-order valence-corrected chi connectivity index (χ3v) is 4.45. The maximum Gasteiger partial charge on any atom is 0.235 e. The molecule has 1 saturated carbocycles. The lowest BCUT2D eigenvalue weighted by molar-refractivity contribution is -0.118. The Labute approximate surface area is 131 Å². The molecule has 0 aliphatic heterocycles. The molecule has 0 heterocycles. The highest BCUT2D eigenvalue weighted by Crippen LogP contribution is 2.49. The van der Waals surface area contributed by atoms with Gasteiger partial charge in [-0.25, -0.2) is 0 Å². The zero-order chi connectivity index (χ0) is 15.6. The lowest BCUT2D eigenvalue weighted by atomic mass is 9.94. The number of aryl methyl sites for hydroxylation is 1. The van der Waals surface area contributed by atoms with Crippen molar-refractivity contribution < 1.29 is 9.53 Å². The molecule has 3 rings (SSSR count). The normalized spacial score (nSPS) is 15.2. The summed E-state index contributed by atoms with van der Waals surface area (Å²) in [7, 11) is 1.65. The quantitative estimate of drug-likeness (QED) is 0.907. The molecule has 2 aromatic carbocycles. The number of nitrogens with one attached hydrogen (secondary N) is 1. The molecule has 114 valence electrons. The molecule has 0 saturated heterocycles. The summed E-state index contributed by atoms with van der Waals surface area (Å²) in [6.45, 7) is 2.12. The van der Waals surface area contributed by atoms with E-state index < -0.39 is 0 Å². The number of carbonyl (C=O) groups excluding carboxylic acids is 1. The SMILES string of the molecule is CCc1ccc(NC(=O)C2(c3ccc(OC)cc3)CC2)cc1. The Balaban J connectivity index is 1.75. The van der Waals surface area contributed by atoms with Crippen LogP contribution in [0, 0.1) is 0 Å². The maximum absolute atomic E-state index is 12.7. The maximum atomic E-state index is 12.7.